The fourth-order valence-corrected chi connectivity index (χ4v) is 3.18. The lowest BCUT2D eigenvalue weighted by Gasteiger charge is -2.42. The molecule has 20 heavy (non-hydrogen) atoms. The van der Waals surface area contributed by atoms with Crippen LogP contribution in [0.3, 0.4) is 0 Å². The Balaban J connectivity index is 1.68. The van der Waals surface area contributed by atoms with Crippen LogP contribution in [0.2, 0.25) is 0 Å². The maximum atomic E-state index is 11.4. The van der Waals surface area contributed by atoms with Crippen molar-refractivity contribution < 1.29 is 9.90 Å². The second-order valence-electron chi connectivity index (χ2n) is 5.82. The summed E-state index contributed by atoms with van der Waals surface area (Å²) in [6, 6.07) is 4.25. The lowest BCUT2D eigenvalue weighted by Crippen LogP contribution is -2.54. The van der Waals surface area contributed by atoms with Crippen molar-refractivity contribution in [2.45, 2.75) is 38.3 Å². The normalized spacial score (nSPS) is 27.7. The van der Waals surface area contributed by atoms with E-state index < -0.39 is 6.10 Å². The first kappa shape index (κ1) is 13.4. The van der Waals surface area contributed by atoms with Gasteiger partial charge in [0.2, 0.25) is 5.91 Å². The minimum atomic E-state index is -0.525. The van der Waals surface area contributed by atoms with Gasteiger partial charge < -0.3 is 15.3 Å². The number of carbonyl (C=O) groups is 1. The first-order chi connectivity index (χ1) is 9.63. The van der Waals surface area contributed by atoms with Crippen LogP contribution in [-0.2, 0) is 4.79 Å². The van der Waals surface area contributed by atoms with Crippen molar-refractivity contribution in [1.82, 2.24) is 10.3 Å². The number of aliphatic hydroxyl groups is 1. The van der Waals surface area contributed by atoms with E-state index in [4.69, 9.17) is 0 Å². The lowest BCUT2D eigenvalue weighted by atomic mass is 9.85. The second-order valence-corrected chi connectivity index (χ2v) is 5.82. The van der Waals surface area contributed by atoms with E-state index in [1.165, 1.54) is 0 Å². The van der Waals surface area contributed by atoms with E-state index in [1.54, 1.807) is 6.92 Å². The van der Waals surface area contributed by atoms with E-state index in [9.17, 15) is 9.90 Å². The van der Waals surface area contributed by atoms with Crippen LogP contribution in [-0.4, -0.2) is 35.1 Å². The van der Waals surface area contributed by atoms with Crippen molar-refractivity contribution in [2.24, 2.45) is 5.92 Å². The van der Waals surface area contributed by atoms with Crippen molar-refractivity contribution in [3.8, 4) is 0 Å². The molecule has 2 aliphatic rings. The number of hydrogen-bond acceptors (Lipinski definition) is 4. The number of pyridine rings is 1. The monoisotopic (exact) mass is 275 g/mol. The van der Waals surface area contributed by atoms with Gasteiger partial charge in [0, 0.05) is 25.6 Å². The molecule has 2 aliphatic heterocycles. The first-order valence-electron chi connectivity index (χ1n) is 7.32. The smallest absolute Gasteiger partial charge is 0.220 e. The molecule has 0 radical (unpaired) electrons. The zero-order valence-corrected chi connectivity index (χ0v) is 11.7. The van der Waals surface area contributed by atoms with Crippen molar-refractivity contribution >= 4 is 11.6 Å². The van der Waals surface area contributed by atoms with E-state index in [1.807, 2.05) is 18.3 Å². The molecule has 5 heteroatoms. The van der Waals surface area contributed by atoms with Gasteiger partial charge >= 0.3 is 0 Å². The average molecular weight is 275 g/mol. The van der Waals surface area contributed by atoms with Gasteiger partial charge in [-0.2, -0.15) is 0 Å². The molecule has 3 rings (SSSR count). The molecule has 3 atom stereocenters. The molecule has 2 fully saturated rings. The van der Waals surface area contributed by atoms with E-state index in [-0.39, 0.29) is 5.91 Å². The zero-order chi connectivity index (χ0) is 14.1. The van der Waals surface area contributed by atoms with Crippen molar-refractivity contribution in [3.63, 3.8) is 0 Å². The molecule has 0 aliphatic carbocycles. The number of amides is 1. The van der Waals surface area contributed by atoms with Crippen LogP contribution in [0, 0.1) is 5.92 Å². The SMILES string of the molecule is C[C@H](O)c1ccc(N2CCC3NC(=O)CCC3C2)cn1. The van der Waals surface area contributed by atoms with Gasteiger partial charge in [-0.15, -0.1) is 0 Å². The minimum Gasteiger partial charge on any atom is -0.387 e. The third-order valence-corrected chi connectivity index (χ3v) is 4.39. The molecule has 1 amide bonds. The molecule has 2 saturated heterocycles. The van der Waals surface area contributed by atoms with Crippen LogP contribution < -0.4 is 10.2 Å². The van der Waals surface area contributed by atoms with Crippen molar-refractivity contribution in [1.29, 1.82) is 0 Å². The Morgan fingerprint density at radius 1 is 1.45 bits per heavy atom. The third-order valence-electron chi connectivity index (χ3n) is 4.39. The molecule has 108 valence electrons. The van der Waals surface area contributed by atoms with Gasteiger partial charge in [-0.3, -0.25) is 9.78 Å². The van der Waals surface area contributed by atoms with Crippen LogP contribution >= 0.6 is 0 Å². The molecule has 1 aromatic heterocycles. The molecule has 0 aromatic carbocycles. The van der Waals surface area contributed by atoms with Crippen LogP contribution in [0.5, 0.6) is 0 Å². The predicted molar refractivity (Wildman–Crippen MR) is 76.4 cm³/mol. The number of carbonyl (C=O) groups excluding carboxylic acids is 1. The number of nitrogens with zero attached hydrogens (tertiary/aromatic N) is 2. The minimum absolute atomic E-state index is 0.197. The molecule has 2 unspecified atom stereocenters. The number of piperidine rings is 2. The van der Waals surface area contributed by atoms with Gasteiger partial charge in [-0.1, -0.05) is 0 Å². The topological polar surface area (TPSA) is 65.5 Å². The molecule has 0 bridgehead atoms. The summed E-state index contributed by atoms with van der Waals surface area (Å²) in [7, 11) is 0. The summed E-state index contributed by atoms with van der Waals surface area (Å²) in [5, 5.41) is 12.6. The fourth-order valence-electron chi connectivity index (χ4n) is 3.18. The molecule has 0 spiro atoms. The average Bonchev–Trinajstić information content (AvgIpc) is 2.47. The number of anilines is 1. The van der Waals surface area contributed by atoms with E-state index >= 15 is 0 Å². The Kier molecular flexibility index (Phi) is 3.61. The van der Waals surface area contributed by atoms with E-state index in [0.717, 1.165) is 31.6 Å². The van der Waals surface area contributed by atoms with E-state index in [0.29, 0.717) is 24.1 Å². The third kappa shape index (κ3) is 2.63. The molecule has 0 saturated carbocycles. The highest BCUT2D eigenvalue weighted by atomic mass is 16.3. The molecule has 3 heterocycles. The van der Waals surface area contributed by atoms with Gasteiger partial charge in [-0.05, 0) is 37.8 Å². The Bertz CT molecular complexity index is 486. The summed E-state index contributed by atoms with van der Waals surface area (Å²) in [6.07, 6.45) is 3.93. The second kappa shape index (κ2) is 5.40. The summed E-state index contributed by atoms with van der Waals surface area (Å²) in [5.74, 6) is 0.737. The van der Waals surface area contributed by atoms with Gasteiger partial charge in [0.05, 0.1) is 23.7 Å². The molecule has 5 nitrogen and oxygen atoms in total. The number of fused-ring (bicyclic) bond motifs is 1. The maximum absolute atomic E-state index is 11.4. The van der Waals surface area contributed by atoms with Crippen LogP contribution in [0.25, 0.3) is 0 Å². The Morgan fingerprint density at radius 2 is 2.30 bits per heavy atom. The predicted octanol–water partition coefficient (Wildman–Crippen LogP) is 1.24. The number of nitrogens with one attached hydrogen (secondary N) is 1. The molecule has 2 N–H and O–H groups in total. The molecular weight excluding hydrogens is 254 g/mol. The van der Waals surface area contributed by atoms with Crippen LogP contribution in [0.1, 0.15) is 38.0 Å². The number of aliphatic hydroxyl groups excluding tert-OH is 1. The highest BCUT2D eigenvalue weighted by Gasteiger charge is 2.33. The summed E-state index contributed by atoms with van der Waals surface area (Å²) in [4.78, 5) is 18.1. The summed E-state index contributed by atoms with van der Waals surface area (Å²) >= 11 is 0. The van der Waals surface area contributed by atoms with Crippen molar-refractivity contribution in [2.75, 3.05) is 18.0 Å². The Labute approximate surface area is 119 Å². The number of aromatic nitrogens is 1. The molecule has 1 aromatic rings. The van der Waals surface area contributed by atoms with Gasteiger partial charge in [0.1, 0.15) is 0 Å². The summed E-state index contributed by atoms with van der Waals surface area (Å²) in [5.41, 5.74) is 1.80. The highest BCUT2D eigenvalue weighted by Crippen LogP contribution is 2.28. The highest BCUT2D eigenvalue weighted by molar-refractivity contribution is 5.77. The number of hydrogen-bond donors (Lipinski definition) is 2. The summed E-state index contributed by atoms with van der Waals surface area (Å²) < 4.78 is 0. The molecular formula is C15H21N3O2. The Hall–Kier alpha value is -1.62. The fraction of sp³-hybridized carbons (Fsp3) is 0.600. The van der Waals surface area contributed by atoms with Crippen LogP contribution in [0.4, 0.5) is 5.69 Å². The van der Waals surface area contributed by atoms with Gasteiger partial charge in [-0.25, -0.2) is 0 Å². The van der Waals surface area contributed by atoms with Crippen molar-refractivity contribution in [3.05, 3.63) is 24.0 Å². The van der Waals surface area contributed by atoms with Gasteiger partial charge in [0.25, 0.3) is 0 Å². The Morgan fingerprint density at radius 3 is 3.00 bits per heavy atom. The summed E-state index contributed by atoms with van der Waals surface area (Å²) in [6.45, 7) is 3.63. The lowest BCUT2D eigenvalue weighted by molar-refractivity contribution is -0.124. The standard InChI is InChI=1S/C15H21N3O2/c1-10(19)13-4-3-12(8-16-13)18-7-6-14-11(9-18)2-5-15(20)17-14/h3-4,8,10-11,14,19H,2,5-7,9H2,1H3,(H,17,20)/t10-,11?,14?/m0/s1. The maximum Gasteiger partial charge on any atom is 0.220 e. The van der Waals surface area contributed by atoms with E-state index in [2.05, 4.69) is 15.2 Å². The van der Waals surface area contributed by atoms with Gasteiger partial charge in [0.15, 0.2) is 0 Å². The van der Waals surface area contributed by atoms with Crippen LogP contribution in [0.15, 0.2) is 18.3 Å². The largest absolute Gasteiger partial charge is 0.387 e. The quantitative estimate of drug-likeness (QED) is 0.852. The zero-order valence-electron chi connectivity index (χ0n) is 11.7. The first-order valence-corrected chi connectivity index (χ1v) is 7.32. The number of rotatable bonds is 2.